The number of pyridine rings is 1. The number of hydrogen-bond donors (Lipinski definition) is 1. The van der Waals surface area contributed by atoms with Crippen molar-refractivity contribution in [1.29, 1.82) is 0 Å². The molecule has 2 saturated heterocycles. The van der Waals surface area contributed by atoms with Crippen molar-refractivity contribution in [2.45, 2.75) is 36.7 Å². The lowest BCUT2D eigenvalue weighted by atomic mass is 10.1. The Morgan fingerprint density at radius 3 is 2.48 bits per heavy atom. The monoisotopic (exact) mass is 311 g/mol. The number of nitrogens with zero attached hydrogens (tertiary/aromatic N) is 3. The summed E-state index contributed by atoms with van der Waals surface area (Å²) >= 11 is 0. The Bertz CT molecular complexity index is 607. The molecule has 7 heteroatoms. The van der Waals surface area contributed by atoms with Gasteiger partial charge in [-0.25, -0.2) is 13.4 Å². The summed E-state index contributed by atoms with van der Waals surface area (Å²) in [6.07, 6.45) is 3.97. The predicted octanol–water partition coefficient (Wildman–Crippen LogP) is 0.827. The summed E-state index contributed by atoms with van der Waals surface area (Å²) in [5.74, 6) is 0.716. The molecule has 0 radical (unpaired) electrons. The van der Waals surface area contributed by atoms with Crippen molar-refractivity contribution in [2.24, 2.45) is 0 Å². The largest absolute Gasteiger partial charge is 0.388 e. The van der Waals surface area contributed by atoms with E-state index in [0.717, 1.165) is 19.4 Å². The Morgan fingerprint density at radius 2 is 1.95 bits per heavy atom. The van der Waals surface area contributed by atoms with E-state index in [4.69, 9.17) is 0 Å². The maximum atomic E-state index is 12.4. The summed E-state index contributed by atoms with van der Waals surface area (Å²) < 4.78 is 26.3. The van der Waals surface area contributed by atoms with E-state index < -0.39 is 15.6 Å². The van der Waals surface area contributed by atoms with Crippen LogP contribution in [0.1, 0.15) is 26.2 Å². The zero-order valence-electron chi connectivity index (χ0n) is 12.2. The second-order valence-corrected chi connectivity index (χ2v) is 8.07. The quantitative estimate of drug-likeness (QED) is 0.895. The van der Waals surface area contributed by atoms with Crippen LogP contribution >= 0.6 is 0 Å². The highest BCUT2D eigenvalue weighted by Crippen LogP contribution is 2.26. The summed E-state index contributed by atoms with van der Waals surface area (Å²) in [7, 11) is -3.40. The fourth-order valence-corrected chi connectivity index (χ4v) is 4.39. The summed E-state index contributed by atoms with van der Waals surface area (Å²) in [5, 5.41) is 9.98. The first kappa shape index (κ1) is 14.7. The van der Waals surface area contributed by atoms with Crippen LogP contribution in [0.4, 0.5) is 5.82 Å². The van der Waals surface area contributed by atoms with Crippen LogP contribution in [-0.2, 0) is 10.0 Å². The van der Waals surface area contributed by atoms with Crippen LogP contribution in [0.25, 0.3) is 0 Å². The zero-order chi connectivity index (χ0) is 15.1. The molecule has 3 heterocycles. The third-order valence-corrected chi connectivity index (χ3v) is 6.08. The van der Waals surface area contributed by atoms with Gasteiger partial charge in [-0.1, -0.05) is 0 Å². The Balaban J connectivity index is 1.78. The van der Waals surface area contributed by atoms with Gasteiger partial charge in [-0.2, -0.15) is 4.31 Å². The van der Waals surface area contributed by atoms with Crippen molar-refractivity contribution in [2.75, 3.05) is 31.1 Å². The average molecular weight is 311 g/mol. The Morgan fingerprint density at radius 1 is 1.24 bits per heavy atom. The molecule has 0 amide bonds. The second-order valence-electron chi connectivity index (χ2n) is 6.13. The van der Waals surface area contributed by atoms with Gasteiger partial charge in [-0.05, 0) is 38.3 Å². The molecule has 2 aliphatic rings. The van der Waals surface area contributed by atoms with E-state index in [1.54, 1.807) is 19.1 Å². The Labute approximate surface area is 125 Å². The number of sulfonamides is 1. The average Bonchev–Trinajstić information content (AvgIpc) is 3.08. The van der Waals surface area contributed by atoms with Gasteiger partial charge in [0.15, 0.2) is 0 Å². The van der Waals surface area contributed by atoms with Gasteiger partial charge in [0, 0.05) is 32.4 Å². The van der Waals surface area contributed by atoms with E-state index >= 15 is 0 Å². The number of anilines is 1. The van der Waals surface area contributed by atoms with E-state index in [0.29, 0.717) is 31.9 Å². The van der Waals surface area contributed by atoms with Crippen LogP contribution < -0.4 is 4.90 Å². The molecule has 2 aliphatic heterocycles. The first-order valence-electron chi connectivity index (χ1n) is 7.32. The standard InChI is InChI=1S/C14H21N3O3S/c1-14(18)6-9-16(11-14)13-5-4-12(10-15-13)21(19,20)17-7-2-3-8-17/h4-5,10,18H,2-3,6-9,11H2,1H3. The van der Waals surface area contributed by atoms with Gasteiger partial charge >= 0.3 is 0 Å². The molecule has 0 aromatic carbocycles. The first-order chi connectivity index (χ1) is 9.88. The van der Waals surface area contributed by atoms with Crippen molar-refractivity contribution < 1.29 is 13.5 Å². The van der Waals surface area contributed by atoms with Gasteiger partial charge < -0.3 is 10.0 Å². The van der Waals surface area contributed by atoms with Gasteiger partial charge in [0.2, 0.25) is 10.0 Å². The number of aromatic nitrogens is 1. The van der Waals surface area contributed by atoms with Gasteiger partial charge in [0.05, 0.1) is 5.60 Å². The molecule has 2 fully saturated rings. The summed E-state index contributed by atoms with van der Waals surface area (Å²) in [5.41, 5.74) is -0.692. The van der Waals surface area contributed by atoms with Crippen LogP contribution in [0.15, 0.2) is 23.2 Å². The van der Waals surface area contributed by atoms with E-state index in [-0.39, 0.29) is 4.90 Å². The van der Waals surface area contributed by atoms with Crippen LogP contribution in [0.5, 0.6) is 0 Å². The highest BCUT2D eigenvalue weighted by molar-refractivity contribution is 7.89. The fraction of sp³-hybridized carbons (Fsp3) is 0.643. The van der Waals surface area contributed by atoms with Crippen LogP contribution in [0.3, 0.4) is 0 Å². The maximum Gasteiger partial charge on any atom is 0.244 e. The lowest BCUT2D eigenvalue weighted by molar-refractivity contribution is 0.0839. The van der Waals surface area contributed by atoms with E-state index in [9.17, 15) is 13.5 Å². The molecular formula is C14H21N3O3S. The van der Waals surface area contributed by atoms with Crippen molar-refractivity contribution in [1.82, 2.24) is 9.29 Å². The Kier molecular flexibility index (Phi) is 3.67. The maximum absolute atomic E-state index is 12.4. The van der Waals surface area contributed by atoms with Crippen LogP contribution in [0, 0.1) is 0 Å². The van der Waals surface area contributed by atoms with E-state index in [2.05, 4.69) is 4.98 Å². The summed E-state index contributed by atoms with van der Waals surface area (Å²) in [6, 6.07) is 3.34. The van der Waals surface area contributed by atoms with Crippen molar-refractivity contribution >= 4 is 15.8 Å². The van der Waals surface area contributed by atoms with Gasteiger partial charge in [-0.3, -0.25) is 0 Å². The zero-order valence-corrected chi connectivity index (χ0v) is 13.0. The smallest absolute Gasteiger partial charge is 0.244 e. The van der Waals surface area contributed by atoms with Crippen molar-refractivity contribution in [3.8, 4) is 0 Å². The van der Waals surface area contributed by atoms with E-state index in [1.165, 1.54) is 10.5 Å². The van der Waals surface area contributed by atoms with Crippen molar-refractivity contribution in [3.63, 3.8) is 0 Å². The predicted molar refractivity (Wildman–Crippen MR) is 79.7 cm³/mol. The molecule has 1 unspecified atom stereocenters. The molecule has 1 N–H and O–H groups in total. The molecule has 116 valence electrons. The van der Waals surface area contributed by atoms with Gasteiger partial charge in [0.1, 0.15) is 10.7 Å². The molecule has 3 rings (SSSR count). The fourth-order valence-electron chi connectivity index (χ4n) is 2.93. The van der Waals surface area contributed by atoms with Crippen LogP contribution in [0.2, 0.25) is 0 Å². The second kappa shape index (κ2) is 5.23. The van der Waals surface area contributed by atoms with E-state index in [1.807, 2.05) is 4.90 Å². The molecule has 21 heavy (non-hydrogen) atoms. The normalized spacial score (nSPS) is 27.4. The third-order valence-electron chi connectivity index (χ3n) is 4.20. The lowest BCUT2D eigenvalue weighted by Gasteiger charge is -2.20. The van der Waals surface area contributed by atoms with Crippen LogP contribution in [-0.4, -0.2) is 54.6 Å². The molecule has 0 bridgehead atoms. The van der Waals surface area contributed by atoms with Gasteiger partial charge in [0.25, 0.3) is 0 Å². The molecule has 1 atom stereocenters. The molecule has 1 aromatic heterocycles. The highest BCUT2D eigenvalue weighted by atomic mass is 32.2. The lowest BCUT2D eigenvalue weighted by Crippen LogP contribution is -2.30. The highest BCUT2D eigenvalue weighted by Gasteiger charge is 2.32. The summed E-state index contributed by atoms with van der Waals surface area (Å²) in [4.78, 5) is 6.50. The third kappa shape index (κ3) is 2.90. The minimum absolute atomic E-state index is 0.249. The number of β-amino-alcohol motifs (C(OH)–C–C–N with tert-alkyl or cyclic N) is 1. The minimum Gasteiger partial charge on any atom is -0.388 e. The molecule has 1 aromatic rings. The number of hydrogen-bond acceptors (Lipinski definition) is 5. The minimum atomic E-state index is -3.40. The topological polar surface area (TPSA) is 73.7 Å². The Hall–Kier alpha value is -1.18. The SMILES string of the molecule is CC1(O)CCN(c2ccc(S(=O)(=O)N3CCCC3)cn2)C1. The molecule has 6 nitrogen and oxygen atoms in total. The van der Waals surface area contributed by atoms with Gasteiger partial charge in [-0.15, -0.1) is 0 Å². The molecule has 0 saturated carbocycles. The first-order valence-corrected chi connectivity index (χ1v) is 8.76. The number of aliphatic hydroxyl groups is 1. The molecule has 0 spiro atoms. The molecule has 0 aliphatic carbocycles. The van der Waals surface area contributed by atoms with Crippen molar-refractivity contribution in [3.05, 3.63) is 18.3 Å². The molecular weight excluding hydrogens is 290 g/mol. The number of rotatable bonds is 3. The summed E-state index contributed by atoms with van der Waals surface area (Å²) in [6.45, 7) is 4.26.